The molecule has 0 bridgehead atoms. The zero-order chi connectivity index (χ0) is 16.9. The highest BCUT2D eigenvalue weighted by Crippen LogP contribution is 2.25. The maximum Gasteiger partial charge on any atom is 0.258 e. The van der Waals surface area contributed by atoms with Crippen molar-refractivity contribution in [3.05, 3.63) is 64.7 Å². The van der Waals surface area contributed by atoms with Gasteiger partial charge in [0.05, 0.1) is 6.04 Å². The van der Waals surface area contributed by atoms with Gasteiger partial charge < -0.3 is 10.1 Å². The first kappa shape index (κ1) is 16.6. The lowest BCUT2D eigenvalue weighted by atomic mass is 10.0. The Hall–Kier alpha value is -2.29. The maximum absolute atomic E-state index is 12.1. The molecule has 3 heteroatoms. The molecule has 2 aromatic rings. The first-order valence-corrected chi connectivity index (χ1v) is 8.78. The third-order valence-corrected chi connectivity index (χ3v) is 4.70. The first-order chi connectivity index (χ1) is 11.7. The van der Waals surface area contributed by atoms with Crippen LogP contribution in [-0.4, -0.2) is 12.5 Å². The lowest BCUT2D eigenvalue weighted by Gasteiger charge is -2.16. The van der Waals surface area contributed by atoms with Crippen LogP contribution < -0.4 is 10.1 Å². The van der Waals surface area contributed by atoms with Crippen molar-refractivity contribution in [3.63, 3.8) is 0 Å². The molecule has 0 heterocycles. The number of carbonyl (C=O) groups is 1. The molecule has 0 spiro atoms. The Kier molecular flexibility index (Phi) is 5.19. The summed E-state index contributed by atoms with van der Waals surface area (Å²) in [6, 6.07) is 14.4. The first-order valence-electron chi connectivity index (χ1n) is 8.78. The Balaban J connectivity index is 1.52. The van der Waals surface area contributed by atoms with Crippen molar-refractivity contribution in [1.82, 2.24) is 5.32 Å². The molecular formula is C21H25NO2. The lowest BCUT2D eigenvalue weighted by molar-refractivity contribution is -0.123. The molecule has 1 atom stereocenters. The SMILES string of the molecule is CCc1ccc(OCC(=O)N[C@H](C)c2ccc3c(c2)CCC3)cc1. The van der Waals surface area contributed by atoms with Crippen LogP contribution in [0.25, 0.3) is 0 Å². The largest absolute Gasteiger partial charge is 0.484 e. The highest BCUT2D eigenvalue weighted by molar-refractivity contribution is 5.78. The molecule has 1 aliphatic carbocycles. The van der Waals surface area contributed by atoms with E-state index >= 15 is 0 Å². The number of carbonyl (C=O) groups excluding carboxylic acids is 1. The van der Waals surface area contributed by atoms with Crippen molar-refractivity contribution in [2.24, 2.45) is 0 Å². The van der Waals surface area contributed by atoms with Gasteiger partial charge in [0.2, 0.25) is 0 Å². The van der Waals surface area contributed by atoms with Gasteiger partial charge >= 0.3 is 0 Å². The Morgan fingerprint density at radius 3 is 2.62 bits per heavy atom. The second kappa shape index (κ2) is 7.52. The van der Waals surface area contributed by atoms with E-state index in [9.17, 15) is 4.79 Å². The van der Waals surface area contributed by atoms with Crippen LogP contribution in [0.5, 0.6) is 5.75 Å². The molecule has 0 fully saturated rings. The van der Waals surface area contributed by atoms with Crippen LogP contribution in [0.3, 0.4) is 0 Å². The van der Waals surface area contributed by atoms with Gasteiger partial charge in [-0.25, -0.2) is 0 Å². The summed E-state index contributed by atoms with van der Waals surface area (Å²) in [4.78, 5) is 12.1. The summed E-state index contributed by atoms with van der Waals surface area (Å²) in [5, 5.41) is 3.02. The van der Waals surface area contributed by atoms with Crippen LogP contribution in [0.4, 0.5) is 0 Å². The molecule has 0 unspecified atom stereocenters. The van der Waals surface area contributed by atoms with Gasteiger partial charge in [0.1, 0.15) is 5.75 Å². The van der Waals surface area contributed by atoms with Gasteiger partial charge in [0.15, 0.2) is 6.61 Å². The zero-order valence-electron chi connectivity index (χ0n) is 14.5. The van der Waals surface area contributed by atoms with Gasteiger partial charge in [-0.1, -0.05) is 37.3 Å². The second-order valence-corrected chi connectivity index (χ2v) is 6.46. The quantitative estimate of drug-likeness (QED) is 0.873. The number of hydrogen-bond acceptors (Lipinski definition) is 2. The van der Waals surface area contributed by atoms with Crippen LogP contribution in [0.15, 0.2) is 42.5 Å². The van der Waals surface area contributed by atoms with Crippen molar-refractivity contribution in [1.29, 1.82) is 0 Å². The number of fused-ring (bicyclic) bond motifs is 1. The number of rotatable bonds is 6. The molecule has 0 saturated heterocycles. The van der Waals surface area contributed by atoms with E-state index in [1.54, 1.807) is 0 Å². The average Bonchev–Trinajstić information content (AvgIpc) is 3.08. The Morgan fingerprint density at radius 2 is 1.88 bits per heavy atom. The molecule has 1 aliphatic rings. The van der Waals surface area contributed by atoms with Gasteiger partial charge in [-0.2, -0.15) is 0 Å². The van der Waals surface area contributed by atoms with Crippen LogP contribution >= 0.6 is 0 Å². The molecule has 3 rings (SSSR count). The molecular weight excluding hydrogens is 298 g/mol. The molecule has 3 nitrogen and oxygen atoms in total. The van der Waals surface area contributed by atoms with E-state index in [2.05, 4.69) is 30.4 Å². The summed E-state index contributed by atoms with van der Waals surface area (Å²) in [7, 11) is 0. The van der Waals surface area contributed by atoms with Crippen LogP contribution in [0.2, 0.25) is 0 Å². The third-order valence-electron chi connectivity index (χ3n) is 4.70. The predicted molar refractivity (Wildman–Crippen MR) is 96.3 cm³/mol. The normalized spacial score (nSPS) is 14.1. The Labute approximate surface area is 144 Å². The minimum absolute atomic E-state index is 0.00512. The lowest BCUT2D eigenvalue weighted by Crippen LogP contribution is -2.31. The minimum Gasteiger partial charge on any atom is -0.484 e. The van der Waals surface area contributed by atoms with Gasteiger partial charge in [0.25, 0.3) is 5.91 Å². The van der Waals surface area contributed by atoms with E-state index in [4.69, 9.17) is 4.74 Å². The third kappa shape index (κ3) is 3.97. The van der Waals surface area contributed by atoms with Crippen molar-refractivity contribution in [2.75, 3.05) is 6.61 Å². The molecule has 126 valence electrons. The van der Waals surface area contributed by atoms with Gasteiger partial charge in [-0.05, 0) is 67.0 Å². The zero-order valence-corrected chi connectivity index (χ0v) is 14.5. The highest BCUT2D eigenvalue weighted by Gasteiger charge is 2.15. The van der Waals surface area contributed by atoms with Crippen molar-refractivity contribution >= 4 is 5.91 Å². The number of benzene rings is 2. The molecule has 0 aromatic heterocycles. The van der Waals surface area contributed by atoms with E-state index in [0.29, 0.717) is 0 Å². The van der Waals surface area contributed by atoms with E-state index in [1.807, 2.05) is 31.2 Å². The topological polar surface area (TPSA) is 38.3 Å². The summed E-state index contributed by atoms with van der Waals surface area (Å²) in [6.07, 6.45) is 4.57. The molecule has 1 N–H and O–H groups in total. The number of ether oxygens (including phenoxy) is 1. The Bertz CT molecular complexity index is 706. The van der Waals surface area contributed by atoms with Gasteiger partial charge in [-0.3, -0.25) is 4.79 Å². The molecule has 2 aromatic carbocycles. The standard InChI is InChI=1S/C21H25NO2/c1-3-16-7-11-20(12-8-16)24-14-21(23)22-15(2)18-10-9-17-5-4-6-19(17)13-18/h7-13,15H,3-6,14H2,1-2H3,(H,22,23)/t15-/m1/s1. The minimum atomic E-state index is -0.0948. The maximum atomic E-state index is 12.1. The second-order valence-electron chi connectivity index (χ2n) is 6.46. The van der Waals surface area contributed by atoms with E-state index in [-0.39, 0.29) is 18.6 Å². The van der Waals surface area contributed by atoms with Crippen LogP contribution in [0, 0.1) is 0 Å². The highest BCUT2D eigenvalue weighted by atomic mass is 16.5. The van der Waals surface area contributed by atoms with E-state index in [0.717, 1.165) is 24.2 Å². The summed E-state index contributed by atoms with van der Waals surface area (Å²) in [6.45, 7) is 4.18. The van der Waals surface area contributed by atoms with Gasteiger partial charge in [0, 0.05) is 0 Å². The fraction of sp³-hybridized carbons (Fsp3) is 0.381. The molecule has 0 radical (unpaired) electrons. The van der Waals surface area contributed by atoms with E-state index in [1.165, 1.54) is 29.5 Å². The molecule has 0 saturated carbocycles. The van der Waals surface area contributed by atoms with Gasteiger partial charge in [-0.15, -0.1) is 0 Å². The fourth-order valence-electron chi connectivity index (χ4n) is 3.20. The number of aryl methyl sites for hydroxylation is 3. The Morgan fingerprint density at radius 1 is 1.12 bits per heavy atom. The molecule has 0 aliphatic heterocycles. The molecule has 1 amide bonds. The summed E-state index contributed by atoms with van der Waals surface area (Å²) in [5.74, 6) is 0.634. The number of hydrogen-bond donors (Lipinski definition) is 1. The summed E-state index contributed by atoms with van der Waals surface area (Å²) in [5.41, 5.74) is 5.31. The number of amides is 1. The number of nitrogens with one attached hydrogen (secondary N) is 1. The predicted octanol–water partition coefficient (Wildman–Crippen LogP) is 3.99. The van der Waals surface area contributed by atoms with Crippen molar-refractivity contribution in [2.45, 2.75) is 45.6 Å². The summed E-state index contributed by atoms with van der Waals surface area (Å²) < 4.78 is 5.57. The monoisotopic (exact) mass is 323 g/mol. The van der Waals surface area contributed by atoms with Crippen molar-refractivity contribution < 1.29 is 9.53 Å². The van der Waals surface area contributed by atoms with Crippen LogP contribution in [-0.2, 0) is 24.1 Å². The van der Waals surface area contributed by atoms with E-state index < -0.39 is 0 Å². The fourth-order valence-corrected chi connectivity index (χ4v) is 3.20. The summed E-state index contributed by atoms with van der Waals surface area (Å²) >= 11 is 0. The average molecular weight is 323 g/mol. The molecule has 24 heavy (non-hydrogen) atoms. The van der Waals surface area contributed by atoms with Crippen LogP contribution in [0.1, 0.15) is 48.6 Å². The smallest absolute Gasteiger partial charge is 0.258 e. The van der Waals surface area contributed by atoms with Crippen molar-refractivity contribution in [3.8, 4) is 5.75 Å².